The molecule has 3 heterocycles. The molecule has 2 amide bonds. The number of hydrogen-bond acceptors (Lipinski definition) is 6. The lowest BCUT2D eigenvalue weighted by atomic mass is 9.94. The molecule has 0 N–H and O–H groups in total. The van der Waals surface area contributed by atoms with Gasteiger partial charge in [0, 0.05) is 48.8 Å². The van der Waals surface area contributed by atoms with Crippen LogP contribution in [0.3, 0.4) is 0 Å². The Kier molecular flexibility index (Phi) is 9.20. The predicted octanol–water partition coefficient (Wildman–Crippen LogP) is 5.42. The maximum atomic E-state index is 13.1. The number of fused-ring (bicyclic) bond motifs is 1. The van der Waals surface area contributed by atoms with E-state index in [4.69, 9.17) is 37.4 Å². The van der Waals surface area contributed by atoms with Crippen molar-refractivity contribution in [3.05, 3.63) is 69.2 Å². The molecular formula is C30H35Cl2N3O5. The first kappa shape index (κ1) is 28.7. The molecular weight excluding hydrogens is 553 g/mol. The van der Waals surface area contributed by atoms with E-state index < -0.39 is 6.09 Å². The van der Waals surface area contributed by atoms with Gasteiger partial charge in [-0.2, -0.15) is 0 Å². The van der Waals surface area contributed by atoms with Crippen LogP contribution in [-0.4, -0.2) is 85.8 Å². The summed E-state index contributed by atoms with van der Waals surface area (Å²) in [5.41, 5.74) is 3.96. The van der Waals surface area contributed by atoms with Gasteiger partial charge in [-0.1, -0.05) is 42.3 Å². The molecule has 0 aromatic heterocycles. The lowest BCUT2D eigenvalue weighted by Crippen LogP contribution is -2.45. The first-order valence-corrected chi connectivity index (χ1v) is 14.5. The molecule has 3 aliphatic rings. The van der Waals surface area contributed by atoms with Crippen LogP contribution in [0.25, 0.3) is 5.57 Å². The number of hydrogen-bond donors (Lipinski definition) is 0. The number of nitrogens with zero attached hydrogens (tertiary/aromatic N) is 3. The second kappa shape index (κ2) is 12.8. The molecule has 1 saturated heterocycles. The molecule has 3 aliphatic heterocycles. The molecule has 10 heteroatoms. The molecule has 214 valence electrons. The Bertz CT molecular complexity index is 1260. The van der Waals surface area contributed by atoms with Gasteiger partial charge in [-0.3, -0.25) is 9.69 Å². The maximum Gasteiger partial charge on any atom is 0.410 e. The smallest absolute Gasteiger partial charge is 0.410 e. The van der Waals surface area contributed by atoms with Gasteiger partial charge in [-0.05, 0) is 59.9 Å². The van der Waals surface area contributed by atoms with Crippen molar-refractivity contribution in [1.29, 1.82) is 0 Å². The van der Waals surface area contributed by atoms with E-state index in [1.165, 1.54) is 5.57 Å². The number of likely N-dealkylation sites (N-methyl/N-ethyl adjacent to an activating group) is 1. The second-order valence-corrected chi connectivity index (χ2v) is 11.3. The van der Waals surface area contributed by atoms with Gasteiger partial charge in [0.25, 0.3) is 0 Å². The Morgan fingerprint density at radius 3 is 2.50 bits per heavy atom. The van der Waals surface area contributed by atoms with E-state index in [-0.39, 0.29) is 24.7 Å². The van der Waals surface area contributed by atoms with Gasteiger partial charge in [0.1, 0.15) is 24.5 Å². The number of carbonyl (C=O) groups excluding carboxylic acids is 2. The van der Waals surface area contributed by atoms with E-state index in [1.54, 1.807) is 30.1 Å². The van der Waals surface area contributed by atoms with E-state index in [2.05, 4.69) is 23.1 Å². The zero-order chi connectivity index (χ0) is 28.2. The van der Waals surface area contributed by atoms with E-state index in [0.717, 1.165) is 48.4 Å². The third-order valence-electron chi connectivity index (χ3n) is 7.75. The van der Waals surface area contributed by atoms with Crippen molar-refractivity contribution in [2.24, 2.45) is 0 Å². The Labute approximate surface area is 245 Å². The third-order valence-corrected chi connectivity index (χ3v) is 8.18. The molecule has 0 bridgehead atoms. The van der Waals surface area contributed by atoms with Gasteiger partial charge in [-0.15, -0.1) is 0 Å². The molecule has 2 atom stereocenters. The fourth-order valence-corrected chi connectivity index (χ4v) is 6.11. The lowest BCUT2D eigenvalue weighted by molar-refractivity contribution is -0.133. The highest BCUT2D eigenvalue weighted by Crippen LogP contribution is 2.43. The van der Waals surface area contributed by atoms with E-state index >= 15 is 0 Å². The van der Waals surface area contributed by atoms with Crippen molar-refractivity contribution in [2.45, 2.75) is 38.5 Å². The standard InChI is InChI=1S/C30H35Cl2N3O5/c1-3-26-29(33(2)30(37)39-19-20-14-23(31)17-24(32)15-20)25-16-22(4-5-27(25)40-26)21-6-8-35(9-7-21)28(36)18-34-10-12-38-13-11-34/h4-6,14-17,26,29H,3,7-13,18-19H2,1-2H3. The average Bonchev–Trinajstić information content (AvgIpc) is 3.33. The Morgan fingerprint density at radius 1 is 1.07 bits per heavy atom. The summed E-state index contributed by atoms with van der Waals surface area (Å²) in [5, 5.41) is 0.982. The van der Waals surface area contributed by atoms with Crippen LogP contribution < -0.4 is 4.74 Å². The van der Waals surface area contributed by atoms with Crippen LogP contribution in [0.15, 0.2) is 42.5 Å². The first-order valence-electron chi connectivity index (χ1n) is 13.7. The number of rotatable bonds is 7. The van der Waals surface area contributed by atoms with Crippen LogP contribution in [-0.2, 0) is 20.9 Å². The minimum atomic E-state index is -0.451. The summed E-state index contributed by atoms with van der Waals surface area (Å²) in [6, 6.07) is 11.0. The largest absolute Gasteiger partial charge is 0.488 e. The summed E-state index contributed by atoms with van der Waals surface area (Å²) >= 11 is 12.2. The highest BCUT2D eigenvalue weighted by Gasteiger charge is 2.39. The van der Waals surface area contributed by atoms with Gasteiger partial charge < -0.3 is 24.0 Å². The minimum Gasteiger partial charge on any atom is -0.488 e. The normalized spacial score (nSPS) is 20.9. The summed E-state index contributed by atoms with van der Waals surface area (Å²) in [6.07, 6.45) is 3.01. The van der Waals surface area contributed by atoms with Crippen LogP contribution in [0.2, 0.25) is 10.0 Å². The van der Waals surface area contributed by atoms with E-state index in [1.807, 2.05) is 17.9 Å². The molecule has 0 radical (unpaired) electrons. The van der Waals surface area contributed by atoms with Crippen molar-refractivity contribution < 1.29 is 23.8 Å². The molecule has 5 rings (SSSR count). The summed E-state index contributed by atoms with van der Waals surface area (Å²) < 4.78 is 17.2. The molecule has 2 aromatic rings. The first-order chi connectivity index (χ1) is 19.3. The van der Waals surface area contributed by atoms with Crippen molar-refractivity contribution >= 4 is 40.8 Å². The molecule has 0 aliphatic carbocycles. The van der Waals surface area contributed by atoms with Crippen molar-refractivity contribution in [2.75, 3.05) is 53.0 Å². The molecule has 0 saturated carbocycles. The topological polar surface area (TPSA) is 71.6 Å². The van der Waals surface area contributed by atoms with Crippen molar-refractivity contribution in [1.82, 2.24) is 14.7 Å². The van der Waals surface area contributed by atoms with Crippen LogP contribution in [0.1, 0.15) is 42.5 Å². The van der Waals surface area contributed by atoms with Crippen molar-refractivity contribution in [3.8, 4) is 5.75 Å². The third kappa shape index (κ3) is 6.57. The number of halogens is 2. The van der Waals surface area contributed by atoms with Crippen LogP contribution in [0.4, 0.5) is 4.79 Å². The lowest BCUT2D eigenvalue weighted by Gasteiger charge is -2.31. The van der Waals surface area contributed by atoms with Gasteiger partial charge in [0.15, 0.2) is 0 Å². The monoisotopic (exact) mass is 587 g/mol. The maximum absolute atomic E-state index is 13.1. The van der Waals surface area contributed by atoms with Gasteiger partial charge >= 0.3 is 6.09 Å². The highest BCUT2D eigenvalue weighted by molar-refractivity contribution is 6.34. The zero-order valence-electron chi connectivity index (χ0n) is 22.9. The van der Waals surface area contributed by atoms with Gasteiger partial charge in [0.05, 0.1) is 19.8 Å². The van der Waals surface area contributed by atoms with Crippen LogP contribution in [0.5, 0.6) is 5.75 Å². The molecule has 8 nitrogen and oxygen atoms in total. The summed E-state index contributed by atoms with van der Waals surface area (Å²) in [6.45, 7) is 6.79. The average molecular weight is 589 g/mol. The van der Waals surface area contributed by atoms with E-state index in [9.17, 15) is 9.59 Å². The molecule has 2 aromatic carbocycles. The number of amides is 2. The zero-order valence-corrected chi connectivity index (χ0v) is 24.4. The number of ether oxygens (including phenoxy) is 3. The fraction of sp³-hybridized carbons (Fsp3) is 0.467. The predicted molar refractivity (Wildman–Crippen MR) is 155 cm³/mol. The SMILES string of the molecule is CCC1Oc2ccc(C3=CCN(C(=O)CN4CCOCC4)CC3)cc2C1N(C)C(=O)OCc1cc(Cl)cc(Cl)c1. The van der Waals surface area contributed by atoms with Gasteiger partial charge in [-0.25, -0.2) is 4.79 Å². The van der Waals surface area contributed by atoms with Crippen LogP contribution >= 0.6 is 23.2 Å². The fourth-order valence-electron chi connectivity index (χ4n) is 5.54. The van der Waals surface area contributed by atoms with Gasteiger partial charge in [0.2, 0.25) is 5.91 Å². The summed E-state index contributed by atoms with van der Waals surface area (Å²) in [5.74, 6) is 0.936. The number of benzene rings is 2. The highest BCUT2D eigenvalue weighted by atomic mass is 35.5. The number of carbonyl (C=O) groups is 2. The Balaban J connectivity index is 1.26. The minimum absolute atomic E-state index is 0.0639. The molecule has 0 spiro atoms. The quantitative estimate of drug-likeness (QED) is 0.430. The Morgan fingerprint density at radius 2 is 1.82 bits per heavy atom. The Hall–Kier alpha value is -2.78. The molecule has 40 heavy (non-hydrogen) atoms. The van der Waals surface area contributed by atoms with Crippen molar-refractivity contribution in [3.63, 3.8) is 0 Å². The molecule has 2 unspecified atom stereocenters. The summed E-state index contributed by atoms with van der Waals surface area (Å²) in [4.78, 5) is 31.6. The van der Waals surface area contributed by atoms with E-state index in [0.29, 0.717) is 42.9 Å². The molecule has 1 fully saturated rings. The summed E-state index contributed by atoms with van der Waals surface area (Å²) in [7, 11) is 1.74. The number of morpholine rings is 1. The van der Waals surface area contributed by atoms with Crippen LogP contribution in [0, 0.1) is 0 Å². The second-order valence-electron chi connectivity index (χ2n) is 10.4.